The van der Waals surface area contributed by atoms with Gasteiger partial charge in [-0.1, -0.05) is 71.9 Å². The van der Waals surface area contributed by atoms with Crippen LogP contribution >= 0.6 is 23.4 Å². The molecule has 1 aromatic heterocycles. The van der Waals surface area contributed by atoms with Gasteiger partial charge in [-0.15, -0.1) is 10.2 Å². The Morgan fingerprint density at radius 1 is 1.00 bits per heavy atom. The Morgan fingerprint density at radius 3 is 2.39 bits per heavy atom. The van der Waals surface area contributed by atoms with Crippen molar-refractivity contribution < 1.29 is 4.79 Å². The molecular weight excluding hydrogens is 454 g/mol. The van der Waals surface area contributed by atoms with E-state index in [1.807, 2.05) is 85.3 Å². The zero-order valence-electron chi connectivity index (χ0n) is 18.1. The number of halogens is 1. The lowest BCUT2D eigenvalue weighted by Gasteiger charge is -2.33. The van der Waals surface area contributed by atoms with Crippen LogP contribution in [-0.4, -0.2) is 26.0 Å². The van der Waals surface area contributed by atoms with E-state index in [1.54, 1.807) is 0 Å². The highest BCUT2D eigenvalue weighted by Crippen LogP contribution is 2.39. The van der Waals surface area contributed by atoms with E-state index in [4.69, 9.17) is 11.6 Å². The number of hydrogen-bond acceptors (Lipinski definition) is 5. The van der Waals surface area contributed by atoms with Crippen molar-refractivity contribution in [1.29, 1.82) is 0 Å². The van der Waals surface area contributed by atoms with Gasteiger partial charge in [0.1, 0.15) is 5.25 Å². The monoisotopic (exact) mass is 475 g/mol. The smallest absolute Gasteiger partial charge is 0.240 e. The molecular formula is C25H22ClN5OS. The van der Waals surface area contributed by atoms with E-state index in [1.165, 1.54) is 11.8 Å². The molecule has 33 heavy (non-hydrogen) atoms. The molecule has 0 aliphatic carbocycles. The van der Waals surface area contributed by atoms with E-state index in [-0.39, 0.29) is 11.9 Å². The van der Waals surface area contributed by atoms with Crippen LogP contribution in [0.4, 0.5) is 5.69 Å². The number of fused-ring (bicyclic) bond motifs is 1. The number of hydrogen-bond donors (Lipinski definition) is 2. The number of amides is 1. The third kappa shape index (κ3) is 4.47. The summed E-state index contributed by atoms with van der Waals surface area (Å²) in [6.45, 7) is 4.04. The van der Waals surface area contributed by atoms with Gasteiger partial charge in [-0.25, -0.2) is 4.68 Å². The quantitative estimate of drug-likeness (QED) is 0.401. The molecule has 0 unspecified atom stereocenters. The average molecular weight is 476 g/mol. The van der Waals surface area contributed by atoms with E-state index in [0.29, 0.717) is 16.0 Å². The first kappa shape index (κ1) is 21.6. The molecule has 0 fully saturated rings. The number of aryl methyl sites for hydroxylation is 2. The van der Waals surface area contributed by atoms with Gasteiger partial charge in [0.25, 0.3) is 0 Å². The van der Waals surface area contributed by atoms with Crippen molar-refractivity contribution >= 4 is 35.0 Å². The molecule has 6 nitrogen and oxygen atoms in total. The lowest BCUT2D eigenvalue weighted by atomic mass is 10.0. The summed E-state index contributed by atoms with van der Waals surface area (Å²) in [7, 11) is 0. The van der Waals surface area contributed by atoms with Gasteiger partial charge in [0.15, 0.2) is 5.82 Å². The van der Waals surface area contributed by atoms with Crippen LogP contribution in [0.5, 0.6) is 0 Å². The first-order valence-electron chi connectivity index (χ1n) is 10.6. The summed E-state index contributed by atoms with van der Waals surface area (Å²) in [6, 6.07) is 23.1. The zero-order chi connectivity index (χ0) is 22.9. The second kappa shape index (κ2) is 8.92. The number of aromatic nitrogens is 3. The molecule has 0 bridgehead atoms. The van der Waals surface area contributed by atoms with Crippen molar-refractivity contribution in [2.75, 3.05) is 10.7 Å². The van der Waals surface area contributed by atoms with Crippen LogP contribution in [0, 0.1) is 13.8 Å². The molecule has 8 heteroatoms. The number of carbonyl (C=O) groups excluding carboxylic acids is 1. The van der Waals surface area contributed by atoms with Crippen molar-refractivity contribution in [2.24, 2.45) is 0 Å². The number of rotatable bonds is 4. The molecule has 166 valence electrons. The summed E-state index contributed by atoms with van der Waals surface area (Å²) < 4.78 is 1.86. The van der Waals surface area contributed by atoms with Crippen LogP contribution in [0.3, 0.4) is 0 Å². The van der Waals surface area contributed by atoms with E-state index in [9.17, 15) is 4.79 Å². The fraction of sp³-hybridized carbons (Fsp3) is 0.160. The topological polar surface area (TPSA) is 71.8 Å². The highest BCUT2D eigenvalue weighted by molar-refractivity contribution is 8.00. The maximum Gasteiger partial charge on any atom is 0.240 e. The summed E-state index contributed by atoms with van der Waals surface area (Å²) in [5.74, 6) is 0.596. The molecule has 1 aliphatic heterocycles. The van der Waals surface area contributed by atoms with E-state index in [2.05, 4.69) is 27.0 Å². The van der Waals surface area contributed by atoms with Gasteiger partial charge in [0.05, 0.1) is 6.04 Å². The van der Waals surface area contributed by atoms with Gasteiger partial charge < -0.3 is 10.7 Å². The molecule has 4 aromatic rings. The van der Waals surface area contributed by atoms with Gasteiger partial charge >= 0.3 is 0 Å². The SMILES string of the molecule is Cc1cc(C)cc(NC(=O)[C@@H]2Sc3nnc(-c4ccccc4)n3N[C@H]2c2ccc(Cl)cc2)c1. The Kier molecular flexibility index (Phi) is 5.83. The Labute approximate surface area is 201 Å². The summed E-state index contributed by atoms with van der Waals surface area (Å²) in [4.78, 5) is 13.5. The Balaban J connectivity index is 1.51. The Hall–Kier alpha value is -3.29. The van der Waals surface area contributed by atoms with Gasteiger partial charge in [-0.2, -0.15) is 0 Å². The molecule has 3 aromatic carbocycles. The van der Waals surface area contributed by atoms with Crippen LogP contribution in [0.2, 0.25) is 5.02 Å². The maximum absolute atomic E-state index is 13.5. The minimum Gasteiger partial charge on any atom is -0.325 e. The summed E-state index contributed by atoms with van der Waals surface area (Å²) in [6.07, 6.45) is 0. The normalized spacial score (nSPS) is 17.2. The van der Waals surface area contributed by atoms with Crippen molar-refractivity contribution in [2.45, 2.75) is 30.3 Å². The standard InChI is InChI=1S/C25H22ClN5OS/c1-15-12-16(2)14-20(13-15)27-24(32)22-21(17-8-10-19(26)11-9-17)30-31-23(28-29-25(31)33-22)18-6-4-3-5-7-18/h3-14,21-22,30H,1-2H3,(H,27,32)/t21-,22+/m0/s1. The number of nitrogens with one attached hydrogen (secondary N) is 2. The minimum absolute atomic E-state index is 0.104. The van der Waals surface area contributed by atoms with Crippen molar-refractivity contribution in [3.63, 3.8) is 0 Å². The number of nitrogens with zero attached hydrogens (tertiary/aromatic N) is 3. The van der Waals surface area contributed by atoms with E-state index >= 15 is 0 Å². The second-order valence-corrected chi connectivity index (χ2v) is 9.62. The van der Waals surface area contributed by atoms with Crippen LogP contribution in [0.1, 0.15) is 22.7 Å². The molecule has 1 aliphatic rings. The number of carbonyl (C=O) groups is 1. The molecule has 1 amide bonds. The summed E-state index contributed by atoms with van der Waals surface area (Å²) in [5.41, 5.74) is 8.36. The lowest BCUT2D eigenvalue weighted by molar-refractivity contribution is -0.116. The van der Waals surface area contributed by atoms with Crippen LogP contribution in [-0.2, 0) is 4.79 Å². The molecule has 0 radical (unpaired) electrons. The molecule has 5 rings (SSSR count). The fourth-order valence-corrected chi connectivity index (χ4v) is 5.22. The highest BCUT2D eigenvalue weighted by atomic mass is 35.5. The number of anilines is 1. The zero-order valence-corrected chi connectivity index (χ0v) is 19.7. The van der Waals surface area contributed by atoms with Crippen molar-refractivity contribution in [1.82, 2.24) is 14.9 Å². The molecule has 0 saturated heterocycles. The second-order valence-electron chi connectivity index (χ2n) is 8.07. The van der Waals surface area contributed by atoms with Crippen LogP contribution in [0.15, 0.2) is 78.0 Å². The molecule has 2 N–H and O–H groups in total. The largest absolute Gasteiger partial charge is 0.325 e. The number of benzene rings is 3. The van der Waals surface area contributed by atoms with Gasteiger partial charge in [-0.05, 0) is 54.8 Å². The van der Waals surface area contributed by atoms with Crippen LogP contribution in [0.25, 0.3) is 11.4 Å². The van der Waals surface area contributed by atoms with Crippen molar-refractivity contribution in [3.8, 4) is 11.4 Å². The predicted octanol–water partition coefficient (Wildman–Crippen LogP) is 5.61. The van der Waals surface area contributed by atoms with Gasteiger partial charge in [-0.3, -0.25) is 4.79 Å². The first-order chi connectivity index (χ1) is 16.0. The average Bonchev–Trinajstić information content (AvgIpc) is 3.21. The summed E-state index contributed by atoms with van der Waals surface area (Å²) >= 11 is 7.52. The minimum atomic E-state index is -0.465. The first-order valence-corrected chi connectivity index (χ1v) is 11.8. The van der Waals surface area contributed by atoms with Crippen molar-refractivity contribution in [3.05, 3.63) is 94.5 Å². The highest BCUT2D eigenvalue weighted by Gasteiger charge is 2.38. The third-order valence-electron chi connectivity index (χ3n) is 5.45. The van der Waals surface area contributed by atoms with Gasteiger partial charge in [0.2, 0.25) is 11.1 Å². The lowest BCUT2D eigenvalue weighted by Crippen LogP contribution is -2.41. The molecule has 2 heterocycles. The Bertz CT molecular complexity index is 1290. The summed E-state index contributed by atoms with van der Waals surface area (Å²) in [5, 5.41) is 12.7. The maximum atomic E-state index is 13.5. The molecule has 0 spiro atoms. The van der Waals surface area contributed by atoms with Gasteiger partial charge in [0, 0.05) is 16.3 Å². The third-order valence-corrected chi connectivity index (χ3v) is 6.91. The fourth-order valence-electron chi connectivity index (χ4n) is 4.01. The van der Waals surface area contributed by atoms with E-state index in [0.717, 1.165) is 27.9 Å². The van der Waals surface area contributed by atoms with E-state index < -0.39 is 5.25 Å². The number of thioether (sulfide) groups is 1. The Morgan fingerprint density at radius 2 is 1.70 bits per heavy atom. The van der Waals surface area contributed by atoms with Crippen LogP contribution < -0.4 is 10.7 Å². The predicted molar refractivity (Wildman–Crippen MR) is 133 cm³/mol. The molecule has 0 saturated carbocycles. The molecule has 2 atom stereocenters.